The lowest BCUT2D eigenvalue weighted by molar-refractivity contribution is -0.121. The van der Waals surface area contributed by atoms with Crippen molar-refractivity contribution in [2.45, 2.75) is 71.0 Å². The van der Waals surface area contributed by atoms with Crippen molar-refractivity contribution >= 4 is 16.9 Å². The van der Waals surface area contributed by atoms with Crippen LogP contribution in [0.15, 0.2) is 21.3 Å². The Hall–Kier alpha value is -2.54. The maximum Gasteiger partial charge on any atom is 0.340 e. The summed E-state index contributed by atoms with van der Waals surface area (Å²) in [7, 11) is 3.02. The van der Waals surface area contributed by atoms with Gasteiger partial charge in [-0.1, -0.05) is 0 Å². The zero-order valence-electron chi connectivity index (χ0n) is 18.9. The monoisotopic (exact) mass is 416 g/mol. The molecule has 1 aromatic heterocycles. The van der Waals surface area contributed by atoms with Crippen LogP contribution in [0.3, 0.4) is 0 Å². The molecule has 1 fully saturated rings. The van der Waals surface area contributed by atoms with Gasteiger partial charge in [0.2, 0.25) is 11.7 Å². The van der Waals surface area contributed by atoms with E-state index in [1.165, 1.54) is 14.2 Å². The van der Waals surface area contributed by atoms with Gasteiger partial charge in [0.15, 0.2) is 11.3 Å². The van der Waals surface area contributed by atoms with Crippen LogP contribution in [0.2, 0.25) is 0 Å². The van der Waals surface area contributed by atoms with Gasteiger partial charge in [-0.25, -0.2) is 4.79 Å². The number of rotatable bonds is 5. The lowest BCUT2D eigenvalue weighted by Gasteiger charge is -2.46. The molecule has 3 rings (SSSR count). The van der Waals surface area contributed by atoms with Gasteiger partial charge in [0, 0.05) is 22.5 Å². The van der Waals surface area contributed by atoms with Crippen molar-refractivity contribution in [2.24, 2.45) is 0 Å². The highest BCUT2D eigenvalue weighted by Crippen LogP contribution is 2.36. The molecule has 1 saturated heterocycles. The van der Waals surface area contributed by atoms with Crippen molar-refractivity contribution in [1.82, 2.24) is 10.6 Å². The van der Waals surface area contributed by atoms with Crippen LogP contribution in [0, 0.1) is 6.92 Å². The third-order valence-electron chi connectivity index (χ3n) is 5.69. The van der Waals surface area contributed by atoms with Crippen LogP contribution in [-0.4, -0.2) is 37.2 Å². The molecule has 2 N–H and O–H groups in total. The number of hydrogen-bond donors (Lipinski definition) is 2. The first-order valence-electron chi connectivity index (χ1n) is 10.2. The van der Waals surface area contributed by atoms with Gasteiger partial charge in [0.25, 0.3) is 0 Å². The lowest BCUT2D eigenvalue weighted by Crippen LogP contribution is -2.62. The average Bonchev–Trinajstić information content (AvgIpc) is 2.61. The number of ether oxygens (including phenoxy) is 2. The number of aryl methyl sites for hydroxylation is 1. The summed E-state index contributed by atoms with van der Waals surface area (Å²) in [5.74, 6) is 0.670. The molecule has 0 saturated carbocycles. The molecular formula is C23H32N2O5. The quantitative estimate of drug-likeness (QED) is 0.728. The highest BCUT2D eigenvalue weighted by molar-refractivity contribution is 5.89. The Labute approximate surface area is 177 Å². The van der Waals surface area contributed by atoms with Crippen LogP contribution in [0.1, 0.15) is 51.7 Å². The number of piperidine rings is 1. The van der Waals surface area contributed by atoms with Crippen LogP contribution in [0.4, 0.5) is 0 Å². The van der Waals surface area contributed by atoms with E-state index in [-0.39, 0.29) is 29.4 Å². The van der Waals surface area contributed by atoms with E-state index < -0.39 is 5.63 Å². The fourth-order valence-corrected chi connectivity index (χ4v) is 4.83. The third-order valence-corrected chi connectivity index (χ3v) is 5.69. The highest BCUT2D eigenvalue weighted by atomic mass is 16.5. The van der Waals surface area contributed by atoms with Gasteiger partial charge in [-0.2, -0.15) is 0 Å². The van der Waals surface area contributed by atoms with Crippen LogP contribution in [-0.2, 0) is 11.2 Å². The summed E-state index contributed by atoms with van der Waals surface area (Å²) in [6.45, 7) is 10.4. The molecule has 2 heterocycles. The van der Waals surface area contributed by atoms with Gasteiger partial charge in [-0.3, -0.25) is 4.79 Å². The van der Waals surface area contributed by atoms with Gasteiger partial charge < -0.3 is 24.5 Å². The summed E-state index contributed by atoms with van der Waals surface area (Å²) < 4.78 is 16.2. The van der Waals surface area contributed by atoms with Gasteiger partial charge >= 0.3 is 5.63 Å². The van der Waals surface area contributed by atoms with E-state index in [0.717, 1.165) is 18.2 Å². The zero-order chi connectivity index (χ0) is 22.3. The van der Waals surface area contributed by atoms with Crippen LogP contribution in [0.5, 0.6) is 11.5 Å². The molecule has 0 atom stereocenters. The number of carbonyl (C=O) groups is 1. The Morgan fingerprint density at radius 3 is 2.37 bits per heavy atom. The van der Waals surface area contributed by atoms with Gasteiger partial charge in [-0.05, 0) is 65.2 Å². The van der Waals surface area contributed by atoms with Crippen molar-refractivity contribution in [3.63, 3.8) is 0 Å². The second-order valence-electron chi connectivity index (χ2n) is 9.41. The molecule has 0 radical (unpaired) electrons. The standard InChI is InChI=1S/C23H32N2O5/c1-13-15-8-9-17(28-6)20(29-7)19(15)30-21(27)16(13)10-18(26)24-14-11-22(2,3)25-23(4,5)12-14/h8-9,14,25H,10-12H2,1-7H3,(H,24,26). The largest absolute Gasteiger partial charge is 0.493 e. The summed E-state index contributed by atoms with van der Waals surface area (Å²) in [6, 6.07) is 3.62. The minimum absolute atomic E-state index is 0.0246. The molecule has 1 amide bonds. The number of fused-ring (bicyclic) bond motifs is 1. The van der Waals surface area contributed by atoms with Crippen molar-refractivity contribution in [1.29, 1.82) is 0 Å². The number of amides is 1. The Morgan fingerprint density at radius 2 is 1.80 bits per heavy atom. The lowest BCUT2D eigenvalue weighted by atomic mass is 9.79. The van der Waals surface area contributed by atoms with Crippen molar-refractivity contribution < 1.29 is 18.7 Å². The number of nitrogens with one attached hydrogen (secondary N) is 2. The predicted octanol–water partition coefficient (Wildman–Crippen LogP) is 3.09. The minimum Gasteiger partial charge on any atom is -0.493 e. The second kappa shape index (κ2) is 7.95. The van der Waals surface area contributed by atoms with Crippen LogP contribution in [0.25, 0.3) is 11.0 Å². The average molecular weight is 417 g/mol. The first-order chi connectivity index (χ1) is 14.0. The van der Waals surface area contributed by atoms with Crippen molar-refractivity contribution in [3.8, 4) is 11.5 Å². The number of carbonyl (C=O) groups excluding carboxylic acids is 1. The molecule has 0 spiro atoms. The Morgan fingerprint density at radius 1 is 1.17 bits per heavy atom. The molecule has 1 aliphatic heterocycles. The molecule has 1 aromatic carbocycles. The SMILES string of the molecule is COc1ccc2c(C)c(CC(=O)NC3CC(C)(C)NC(C)(C)C3)c(=O)oc2c1OC. The molecule has 0 bridgehead atoms. The molecule has 30 heavy (non-hydrogen) atoms. The Bertz CT molecular complexity index is 1010. The van der Waals surface area contributed by atoms with E-state index in [0.29, 0.717) is 28.2 Å². The van der Waals surface area contributed by atoms with Gasteiger partial charge in [-0.15, -0.1) is 0 Å². The van der Waals surface area contributed by atoms with Gasteiger partial charge in [0.1, 0.15) is 0 Å². The summed E-state index contributed by atoms with van der Waals surface area (Å²) in [4.78, 5) is 25.5. The fraction of sp³-hybridized carbons (Fsp3) is 0.565. The normalized spacial score (nSPS) is 18.2. The van der Waals surface area contributed by atoms with E-state index in [4.69, 9.17) is 13.9 Å². The molecular weight excluding hydrogens is 384 g/mol. The first kappa shape index (κ1) is 22.2. The Kier molecular flexibility index (Phi) is 5.87. The molecule has 164 valence electrons. The highest BCUT2D eigenvalue weighted by Gasteiger charge is 2.38. The molecule has 7 heteroatoms. The smallest absolute Gasteiger partial charge is 0.340 e. The maximum absolute atomic E-state index is 12.8. The molecule has 2 aromatic rings. The molecule has 1 aliphatic rings. The topological polar surface area (TPSA) is 89.8 Å². The van der Waals surface area contributed by atoms with E-state index in [1.807, 2.05) is 13.0 Å². The molecule has 7 nitrogen and oxygen atoms in total. The maximum atomic E-state index is 12.8. The summed E-state index contributed by atoms with van der Waals surface area (Å²) in [5.41, 5.74) is 0.710. The van der Waals surface area contributed by atoms with Gasteiger partial charge in [0.05, 0.1) is 26.2 Å². The number of methoxy groups -OCH3 is 2. The fourth-order valence-electron chi connectivity index (χ4n) is 4.83. The first-order valence-corrected chi connectivity index (χ1v) is 10.2. The molecule has 0 aliphatic carbocycles. The predicted molar refractivity (Wildman–Crippen MR) is 116 cm³/mol. The van der Waals surface area contributed by atoms with E-state index >= 15 is 0 Å². The summed E-state index contributed by atoms with van der Waals surface area (Å²) >= 11 is 0. The number of hydrogen-bond acceptors (Lipinski definition) is 6. The minimum atomic E-state index is -0.535. The third kappa shape index (κ3) is 4.46. The second-order valence-corrected chi connectivity index (χ2v) is 9.41. The number of benzene rings is 1. The van der Waals surface area contributed by atoms with Crippen LogP contribution >= 0.6 is 0 Å². The van der Waals surface area contributed by atoms with Crippen LogP contribution < -0.4 is 25.7 Å². The van der Waals surface area contributed by atoms with E-state index in [9.17, 15) is 9.59 Å². The summed E-state index contributed by atoms with van der Waals surface area (Å²) in [5, 5.41) is 7.44. The zero-order valence-corrected chi connectivity index (χ0v) is 18.9. The van der Waals surface area contributed by atoms with E-state index in [2.05, 4.69) is 38.3 Å². The summed E-state index contributed by atoms with van der Waals surface area (Å²) in [6.07, 6.45) is 1.62. The van der Waals surface area contributed by atoms with Crippen molar-refractivity contribution in [3.05, 3.63) is 33.7 Å². The van der Waals surface area contributed by atoms with Crippen molar-refractivity contribution in [2.75, 3.05) is 14.2 Å². The Balaban J connectivity index is 1.87. The molecule has 0 unspecified atom stereocenters. The van der Waals surface area contributed by atoms with E-state index in [1.54, 1.807) is 6.07 Å².